The Labute approximate surface area is 272 Å². The second kappa shape index (κ2) is 13.0. The summed E-state index contributed by atoms with van der Waals surface area (Å²) in [5, 5.41) is 5.30. The molecule has 2 aliphatic carbocycles. The maximum absolute atomic E-state index is 11.3. The van der Waals surface area contributed by atoms with Crippen molar-refractivity contribution in [1.82, 2.24) is 29.1 Å². The van der Waals surface area contributed by atoms with Gasteiger partial charge in [0, 0.05) is 68.3 Å². The SMILES string of the molecule is CC(=O)Nc1cc(-c2cnc3ccn(CC4CC4)c3c2)ccn1.COC(=O)Nc1cc(-c2cnc3ccn(CC4CC4)c3c2)ccn1. The maximum Gasteiger partial charge on any atom is 0.412 e. The summed E-state index contributed by atoms with van der Waals surface area (Å²) >= 11 is 0. The summed E-state index contributed by atoms with van der Waals surface area (Å²) in [7, 11) is 1.32. The fourth-order valence-electron chi connectivity index (χ4n) is 5.61. The molecule has 2 N–H and O–H groups in total. The van der Waals surface area contributed by atoms with Crippen LogP contribution < -0.4 is 10.6 Å². The highest BCUT2D eigenvalue weighted by Gasteiger charge is 2.23. The molecule has 238 valence electrons. The van der Waals surface area contributed by atoms with Gasteiger partial charge in [-0.3, -0.25) is 20.1 Å². The smallest absolute Gasteiger partial charge is 0.412 e. The van der Waals surface area contributed by atoms with Gasteiger partial charge in [0.1, 0.15) is 11.6 Å². The molecule has 0 aromatic carbocycles. The topological polar surface area (TPSA) is 129 Å². The predicted octanol–water partition coefficient (Wildman–Crippen LogP) is 7.15. The average Bonchev–Trinajstić information content (AvgIpc) is 4.01. The molecule has 11 nitrogen and oxygen atoms in total. The number of carbonyl (C=O) groups excluding carboxylic acids is 2. The maximum atomic E-state index is 11.3. The van der Waals surface area contributed by atoms with Crippen LogP contribution in [0.5, 0.6) is 0 Å². The summed E-state index contributed by atoms with van der Waals surface area (Å²) in [5.74, 6) is 2.51. The molecule has 2 amide bonds. The molecule has 0 atom stereocenters. The molecular weight excluding hydrogens is 592 g/mol. The van der Waals surface area contributed by atoms with Gasteiger partial charge in [0.05, 0.1) is 29.2 Å². The Morgan fingerprint density at radius 1 is 0.702 bits per heavy atom. The van der Waals surface area contributed by atoms with Crippen LogP contribution in [0.25, 0.3) is 44.3 Å². The van der Waals surface area contributed by atoms with E-state index in [1.807, 2.05) is 36.7 Å². The molecule has 8 rings (SSSR count). The van der Waals surface area contributed by atoms with Crippen LogP contribution >= 0.6 is 0 Å². The molecule has 0 bridgehead atoms. The lowest BCUT2D eigenvalue weighted by Gasteiger charge is -2.08. The number of nitrogens with zero attached hydrogens (tertiary/aromatic N) is 6. The van der Waals surface area contributed by atoms with Crippen LogP contribution in [0.1, 0.15) is 32.6 Å². The lowest BCUT2D eigenvalue weighted by molar-refractivity contribution is -0.114. The van der Waals surface area contributed by atoms with Gasteiger partial charge in [0.15, 0.2) is 0 Å². The number of hydrogen-bond acceptors (Lipinski definition) is 7. The summed E-state index contributed by atoms with van der Waals surface area (Å²) in [6.45, 7) is 3.61. The Hall–Kier alpha value is -5.58. The molecule has 2 aliphatic rings. The van der Waals surface area contributed by atoms with E-state index in [1.165, 1.54) is 39.7 Å². The van der Waals surface area contributed by atoms with Crippen molar-refractivity contribution in [2.45, 2.75) is 45.7 Å². The summed E-state index contributed by atoms with van der Waals surface area (Å²) in [4.78, 5) is 39.9. The third-order valence-electron chi connectivity index (χ3n) is 8.45. The van der Waals surface area contributed by atoms with E-state index in [9.17, 15) is 9.59 Å². The normalized spacial score (nSPS) is 14.0. The van der Waals surface area contributed by atoms with Crippen molar-refractivity contribution in [2.24, 2.45) is 11.8 Å². The monoisotopic (exact) mass is 628 g/mol. The molecule has 0 saturated heterocycles. The highest BCUT2D eigenvalue weighted by Crippen LogP contribution is 2.34. The van der Waals surface area contributed by atoms with Crippen LogP contribution in [0.2, 0.25) is 0 Å². The molecule has 0 radical (unpaired) electrons. The molecule has 6 aromatic rings. The molecule has 0 spiro atoms. The first-order chi connectivity index (χ1) is 22.9. The van der Waals surface area contributed by atoms with Crippen molar-refractivity contribution in [2.75, 3.05) is 17.7 Å². The number of amides is 2. The number of rotatable bonds is 8. The van der Waals surface area contributed by atoms with Crippen LogP contribution in [0.4, 0.5) is 16.4 Å². The van der Waals surface area contributed by atoms with Crippen LogP contribution in [-0.2, 0) is 22.6 Å². The second-order valence-corrected chi connectivity index (χ2v) is 12.2. The zero-order valence-electron chi connectivity index (χ0n) is 26.4. The van der Waals surface area contributed by atoms with E-state index >= 15 is 0 Å². The Morgan fingerprint density at radius 2 is 1.19 bits per heavy atom. The van der Waals surface area contributed by atoms with Crippen molar-refractivity contribution in [3.05, 3.63) is 85.7 Å². The Kier molecular flexibility index (Phi) is 8.35. The van der Waals surface area contributed by atoms with Gasteiger partial charge in [-0.1, -0.05) is 0 Å². The summed E-state index contributed by atoms with van der Waals surface area (Å²) in [6, 6.07) is 15.9. The van der Waals surface area contributed by atoms with Crippen molar-refractivity contribution >= 4 is 45.7 Å². The van der Waals surface area contributed by atoms with Gasteiger partial charge in [-0.05, 0) is 97.2 Å². The first-order valence-electron chi connectivity index (χ1n) is 15.9. The van der Waals surface area contributed by atoms with Crippen molar-refractivity contribution in [3.8, 4) is 22.3 Å². The molecule has 47 heavy (non-hydrogen) atoms. The number of nitrogens with one attached hydrogen (secondary N) is 2. The van der Waals surface area contributed by atoms with Crippen LogP contribution in [0, 0.1) is 11.8 Å². The largest absolute Gasteiger partial charge is 0.453 e. The van der Waals surface area contributed by atoms with E-state index in [0.717, 1.165) is 69.2 Å². The van der Waals surface area contributed by atoms with E-state index < -0.39 is 6.09 Å². The Balaban J connectivity index is 0.000000150. The molecule has 2 saturated carbocycles. The van der Waals surface area contributed by atoms with E-state index in [1.54, 1.807) is 12.4 Å². The highest BCUT2D eigenvalue weighted by atomic mass is 16.5. The third kappa shape index (κ3) is 7.30. The van der Waals surface area contributed by atoms with Gasteiger partial charge < -0.3 is 19.2 Å². The standard InChI is InChI=1S/C18H18N4O2.C18H18N4O/c1-24-18(23)21-17-9-13(4-6-19-17)14-8-16-15(20-10-14)5-7-22(16)11-12-2-3-12;1-12(23)21-18-9-14(4-6-19-18)15-8-17-16(20-10-15)5-7-22(17)11-13-2-3-13/h4-10,12H,2-3,11H2,1H3,(H,19,21,23);4-10,13H,2-3,11H2,1H3,(H,19,21,23). The molecular formula is C36H36N8O3. The van der Waals surface area contributed by atoms with Crippen LogP contribution in [-0.4, -0.2) is 48.2 Å². The number of ether oxygens (including phenoxy) is 1. The van der Waals surface area contributed by atoms with Gasteiger partial charge in [-0.2, -0.15) is 0 Å². The molecule has 6 aromatic heterocycles. The van der Waals surface area contributed by atoms with Crippen LogP contribution in [0.3, 0.4) is 0 Å². The molecule has 0 aliphatic heterocycles. The average molecular weight is 629 g/mol. The molecule has 2 fully saturated rings. The third-order valence-corrected chi connectivity index (χ3v) is 8.45. The lowest BCUT2D eigenvalue weighted by atomic mass is 10.1. The zero-order valence-corrected chi connectivity index (χ0v) is 26.4. The second-order valence-electron chi connectivity index (χ2n) is 12.2. The Bertz CT molecular complexity index is 2080. The fourth-order valence-corrected chi connectivity index (χ4v) is 5.61. The number of anilines is 2. The van der Waals surface area contributed by atoms with Gasteiger partial charge in [-0.25, -0.2) is 14.8 Å². The molecule has 11 heteroatoms. The number of fused-ring (bicyclic) bond motifs is 2. The van der Waals surface area contributed by atoms with Crippen molar-refractivity contribution in [1.29, 1.82) is 0 Å². The predicted molar refractivity (Wildman–Crippen MR) is 182 cm³/mol. The first-order valence-corrected chi connectivity index (χ1v) is 15.9. The number of hydrogen-bond donors (Lipinski definition) is 2. The summed E-state index contributed by atoms with van der Waals surface area (Å²) in [5.41, 5.74) is 8.29. The number of methoxy groups -OCH3 is 1. The van der Waals surface area contributed by atoms with E-state index in [0.29, 0.717) is 11.6 Å². The summed E-state index contributed by atoms with van der Waals surface area (Å²) in [6.07, 6.45) is 16.1. The van der Waals surface area contributed by atoms with E-state index in [4.69, 9.17) is 0 Å². The summed E-state index contributed by atoms with van der Waals surface area (Å²) < 4.78 is 9.17. The zero-order chi connectivity index (χ0) is 32.3. The Morgan fingerprint density at radius 3 is 1.64 bits per heavy atom. The van der Waals surface area contributed by atoms with Crippen LogP contribution in [0.15, 0.2) is 85.7 Å². The van der Waals surface area contributed by atoms with Gasteiger partial charge in [0.2, 0.25) is 5.91 Å². The number of pyridine rings is 4. The lowest BCUT2D eigenvalue weighted by Crippen LogP contribution is -2.11. The van der Waals surface area contributed by atoms with Gasteiger partial charge in [0.25, 0.3) is 0 Å². The quantitative estimate of drug-likeness (QED) is 0.183. The van der Waals surface area contributed by atoms with Crippen molar-refractivity contribution < 1.29 is 14.3 Å². The van der Waals surface area contributed by atoms with E-state index in [2.05, 4.69) is 81.1 Å². The molecule has 6 heterocycles. The number of aromatic nitrogens is 6. The van der Waals surface area contributed by atoms with Gasteiger partial charge >= 0.3 is 6.09 Å². The minimum atomic E-state index is -0.536. The molecule has 0 unspecified atom stereocenters. The minimum absolute atomic E-state index is 0.124. The van der Waals surface area contributed by atoms with Crippen molar-refractivity contribution in [3.63, 3.8) is 0 Å². The first kappa shape index (κ1) is 30.1. The fraction of sp³-hybridized carbons (Fsp3) is 0.278. The highest BCUT2D eigenvalue weighted by molar-refractivity contribution is 5.89. The minimum Gasteiger partial charge on any atom is -0.453 e. The van der Waals surface area contributed by atoms with Gasteiger partial charge in [-0.15, -0.1) is 0 Å². The van der Waals surface area contributed by atoms with E-state index in [-0.39, 0.29) is 5.91 Å². The number of carbonyl (C=O) groups is 2.